The van der Waals surface area contributed by atoms with Crippen LogP contribution in [0.5, 0.6) is 0 Å². The van der Waals surface area contributed by atoms with E-state index in [2.05, 4.69) is 9.96 Å². The SMILES string of the molecule is Cc1n[nH]pc1C(F)(F)F. The van der Waals surface area contributed by atoms with Crippen molar-refractivity contribution in [1.29, 1.82) is 0 Å². The molecule has 10 heavy (non-hydrogen) atoms. The van der Waals surface area contributed by atoms with Gasteiger partial charge in [-0.15, -0.1) is 0 Å². The third-order valence-corrected chi connectivity index (χ3v) is 1.99. The largest absolute Gasteiger partial charge is 0.423 e. The highest BCUT2D eigenvalue weighted by Gasteiger charge is 2.34. The smallest absolute Gasteiger partial charge is 0.259 e. The Morgan fingerprint density at radius 3 is 2.30 bits per heavy atom. The Hall–Kier alpha value is -0.570. The molecule has 1 rings (SSSR count). The van der Waals surface area contributed by atoms with Gasteiger partial charge >= 0.3 is 6.18 Å². The summed E-state index contributed by atoms with van der Waals surface area (Å²) in [4.78, 5) is 2.23. The molecule has 0 saturated carbocycles. The Kier molecular flexibility index (Phi) is 1.68. The number of aromatic amines is 1. The topological polar surface area (TPSA) is 28.7 Å². The number of aryl methyl sites for hydroxylation is 1. The van der Waals surface area contributed by atoms with Gasteiger partial charge in [-0.05, 0) is 6.92 Å². The quantitative estimate of drug-likeness (QED) is 0.632. The molecule has 0 aliphatic rings. The average Bonchev–Trinajstić information content (AvgIpc) is 2.11. The van der Waals surface area contributed by atoms with Crippen LogP contribution in [-0.4, -0.2) is 9.96 Å². The molecule has 1 heterocycles. The van der Waals surface area contributed by atoms with E-state index >= 15 is 0 Å². The molecule has 56 valence electrons. The second-order valence-electron chi connectivity index (χ2n) is 1.76. The number of rotatable bonds is 0. The molecule has 1 N–H and O–H groups in total. The van der Waals surface area contributed by atoms with Crippen molar-refractivity contribution < 1.29 is 13.2 Å². The van der Waals surface area contributed by atoms with Crippen LogP contribution < -0.4 is 0 Å². The van der Waals surface area contributed by atoms with Crippen molar-refractivity contribution in [3.63, 3.8) is 0 Å². The van der Waals surface area contributed by atoms with E-state index in [1.807, 2.05) is 0 Å². The zero-order valence-electron chi connectivity index (χ0n) is 5.03. The molecular weight excluding hydrogens is 164 g/mol. The van der Waals surface area contributed by atoms with Gasteiger partial charge in [0, 0.05) is 8.35 Å². The molecule has 0 aromatic carbocycles. The molecule has 1 aromatic heterocycles. The van der Waals surface area contributed by atoms with Gasteiger partial charge in [-0.3, -0.25) is 4.86 Å². The predicted octanol–water partition coefficient (Wildman–Crippen LogP) is 2.32. The van der Waals surface area contributed by atoms with Gasteiger partial charge in [0.25, 0.3) is 0 Å². The summed E-state index contributed by atoms with van der Waals surface area (Å²) in [5.41, 5.74) is 0.0224. The number of hydrogen-bond donors (Lipinski definition) is 1. The minimum absolute atomic E-state index is 0.0224. The molecule has 0 atom stereocenters. The van der Waals surface area contributed by atoms with E-state index in [0.29, 0.717) is 0 Å². The first-order valence-corrected chi connectivity index (χ1v) is 3.36. The van der Waals surface area contributed by atoms with E-state index in [9.17, 15) is 13.2 Å². The summed E-state index contributed by atoms with van der Waals surface area (Å²) in [7, 11) is 0.0324. The Morgan fingerprint density at radius 1 is 1.50 bits per heavy atom. The first-order valence-electron chi connectivity index (χ1n) is 2.46. The summed E-state index contributed by atoms with van der Waals surface area (Å²) in [5, 5.41) is 2.78. The van der Waals surface area contributed by atoms with Gasteiger partial charge in [0.05, 0.1) is 5.69 Å². The number of hydrogen-bond acceptors (Lipinski definition) is 1. The lowest BCUT2D eigenvalue weighted by Crippen LogP contribution is -2.03. The van der Waals surface area contributed by atoms with Crippen LogP contribution in [0.2, 0.25) is 0 Å². The van der Waals surface area contributed by atoms with Crippen molar-refractivity contribution in [1.82, 2.24) is 9.96 Å². The number of H-pyrrole nitrogens is 1. The van der Waals surface area contributed by atoms with Crippen LogP contribution in [0, 0.1) is 6.92 Å². The fraction of sp³-hybridized carbons (Fsp3) is 0.500. The number of alkyl halides is 3. The fourth-order valence-electron chi connectivity index (χ4n) is 0.552. The highest BCUT2D eigenvalue weighted by molar-refractivity contribution is 7.26. The van der Waals surface area contributed by atoms with Crippen LogP contribution in [0.25, 0.3) is 0 Å². The standard InChI is InChI=1S/C4H4F3N2P/c1-2-3(4(5,6)7)10-9-8-2/h1H3,(H,8,9). The summed E-state index contributed by atoms with van der Waals surface area (Å²) < 4.78 is 35.5. The van der Waals surface area contributed by atoms with Crippen LogP contribution in [0.4, 0.5) is 13.2 Å². The van der Waals surface area contributed by atoms with Crippen LogP contribution >= 0.6 is 8.35 Å². The molecule has 0 radical (unpaired) electrons. The monoisotopic (exact) mass is 168 g/mol. The minimum Gasteiger partial charge on any atom is -0.259 e. The molecule has 0 aliphatic carbocycles. The Bertz CT molecular complexity index is 229. The van der Waals surface area contributed by atoms with E-state index in [0.717, 1.165) is 0 Å². The van der Waals surface area contributed by atoms with Crippen molar-refractivity contribution >= 4 is 8.35 Å². The molecule has 0 aliphatic heterocycles. The molecule has 1 aromatic rings. The molecule has 2 nitrogen and oxygen atoms in total. The average molecular weight is 168 g/mol. The molecule has 0 bridgehead atoms. The summed E-state index contributed by atoms with van der Waals surface area (Å²) in [6, 6.07) is 0. The maximum atomic E-state index is 11.8. The first kappa shape index (κ1) is 7.54. The van der Waals surface area contributed by atoms with E-state index < -0.39 is 11.5 Å². The van der Waals surface area contributed by atoms with E-state index in [-0.39, 0.29) is 14.0 Å². The number of nitrogens with one attached hydrogen (secondary N) is 1. The zero-order valence-corrected chi connectivity index (χ0v) is 5.92. The van der Waals surface area contributed by atoms with Crippen molar-refractivity contribution in [2.75, 3.05) is 0 Å². The predicted molar refractivity (Wildman–Crippen MR) is 30.8 cm³/mol. The molecule has 0 fully saturated rings. The lowest BCUT2D eigenvalue weighted by atomic mass is 10.4. The molecule has 0 spiro atoms. The van der Waals surface area contributed by atoms with Crippen LogP contribution in [0.1, 0.15) is 11.0 Å². The van der Waals surface area contributed by atoms with Gasteiger partial charge < -0.3 is 0 Å². The van der Waals surface area contributed by atoms with Crippen LogP contribution in [0.15, 0.2) is 0 Å². The fourth-order valence-corrected chi connectivity index (χ4v) is 1.19. The Balaban J connectivity index is 3.05. The second kappa shape index (κ2) is 2.23. The lowest BCUT2D eigenvalue weighted by Gasteiger charge is -2.00. The molecular formula is C4H4F3N2P. The van der Waals surface area contributed by atoms with Gasteiger partial charge in [0.15, 0.2) is 0 Å². The highest BCUT2D eigenvalue weighted by Crippen LogP contribution is 2.35. The Labute approximate surface area is 56.6 Å². The van der Waals surface area contributed by atoms with Crippen molar-refractivity contribution in [3.8, 4) is 0 Å². The maximum Gasteiger partial charge on any atom is 0.423 e. The maximum absolute atomic E-state index is 11.8. The normalized spacial score (nSPS) is 12.8. The molecule has 0 amide bonds. The van der Waals surface area contributed by atoms with Gasteiger partial charge in [-0.2, -0.15) is 18.3 Å². The summed E-state index contributed by atoms with van der Waals surface area (Å²) in [6.45, 7) is 1.33. The van der Waals surface area contributed by atoms with E-state index in [1.54, 1.807) is 0 Å². The third-order valence-electron chi connectivity index (χ3n) is 0.991. The first-order chi connectivity index (χ1) is 4.52. The third kappa shape index (κ3) is 1.29. The van der Waals surface area contributed by atoms with Gasteiger partial charge in [0.1, 0.15) is 5.30 Å². The highest BCUT2D eigenvalue weighted by atomic mass is 31.0. The van der Waals surface area contributed by atoms with Crippen molar-refractivity contribution in [2.45, 2.75) is 13.1 Å². The number of nitrogens with zero attached hydrogens (tertiary/aromatic N) is 1. The molecule has 0 saturated heterocycles. The van der Waals surface area contributed by atoms with E-state index in [4.69, 9.17) is 0 Å². The van der Waals surface area contributed by atoms with Crippen LogP contribution in [-0.2, 0) is 6.18 Å². The van der Waals surface area contributed by atoms with Gasteiger partial charge in [0.2, 0.25) is 0 Å². The minimum atomic E-state index is -4.24. The number of halogens is 3. The molecule has 6 heteroatoms. The number of aromatic nitrogens is 2. The second-order valence-corrected chi connectivity index (χ2v) is 2.63. The van der Waals surface area contributed by atoms with Gasteiger partial charge in [-0.1, -0.05) is 0 Å². The van der Waals surface area contributed by atoms with Crippen LogP contribution in [0.3, 0.4) is 0 Å². The summed E-state index contributed by atoms with van der Waals surface area (Å²) in [5.74, 6) is 0. The van der Waals surface area contributed by atoms with Crippen molar-refractivity contribution in [2.24, 2.45) is 0 Å². The summed E-state index contributed by atoms with van der Waals surface area (Å²) in [6.07, 6.45) is -4.24. The van der Waals surface area contributed by atoms with Crippen molar-refractivity contribution in [3.05, 3.63) is 11.0 Å². The lowest BCUT2D eigenvalue weighted by molar-refractivity contribution is -0.134. The summed E-state index contributed by atoms with van der Waals surface area (Å²) >= 11 is 0. The molecule has 0 unspecified atom stereocenters. The zero-order chi connectivity index (χ0) is 7.78. The van der Waals surface area contributed by atoms with Gasteiger partial charge in [-0.25, -0.2) is 0 Å². The van der Waals surface area contributed by atoms with E-state index in [1.165, 1.54) is 6.92 Å². The Morgan fingerprint density at radius 2 is 2.10 bits per heavy atom.